The van der Waals surface area contributed by atoms with Crippen molar-refractivity contribution in [2.75, 3.05) is 28.4 Å². The second-order valence-electron chi connectivity index (χ2n) is 4.39. The fourth-order valence-electron chi connectivity index (χ4n) is 2.61. The predicted octanol–water partition coefficient (Wildman–Crippen LogP) is 2.14. The van der Waals surface area contributed by atoms with Gasteiger partial charge in [0.15, 0.2) is 11.5 Å². The number of rotatable bonds is 5. The maximum atomic E-state index is 5.97. The van der Waals surface area contributed by atoms with Crippen LogP contribution in [-0.4, -0.2) is 34.5 Å². The Kier molecular flexibility index (Phi) is 4.04. The number of hydrogen-bond acceptors (Lipinski definition) is 5. The number of likely N-dealkylation sites (N-methyl/N-ethyl adjacent to an activating group) is 1. The lowest BCUT2D eigenvalue weighted by Gasteiger charge is -2.19. The highest BCUT2D eigenvalue weighted by atomic mass is 16.5. The Morgan fingerprint density at radius 2 is 1.84 bits per heavy atom. The van der Waals surface area contributed by atoms with E-state index in [0.717, 1.165) is 17.7 Å². The fraction of sp³-hybridized carbons (Fsp3) is 0.571. The molecule has 1 heterocycles. The largest absolute Gasteiger partial charge is 0.493 e. The first-order chi connectivity index (χ1) is 9.21. The van der Waals surface area contributed by atoms with Crippen LogP contribution in [0.1, 0.15) is 24.9 Å². The Bertz CT molecular complexity index is 461. The zero-order valence-corrected chi connectivity index (χ0v) is 12.1. The molecule has 0 fully saturated rings. The summed E-state index contributed by atoms with van der Waals surface area (Å²) in [5.74, 6) is 2.68. The molecule has 1 aromatic rings. The second-order valence-corrected chi connectivity index (χ2v) is 4.39. The lowest BCUT2D eigenvalue weighted by atomic mass is 10.0. The van der Waals surface area contributed by atoms with Crippen molar-refractivity contribution in [3.63, 3.8) is 0 Å². The van der Waals surface area contributed by atoms with Crippen molar-refractivity contribution < 1.29 is 18.9 Å². The zero-order valence-electron chi connectivity index (χ0n) is 12.1. The number of nitrogens with one attached hydrogen (secondary N) is 1. The maximum absolute atomic E-state index is 5.97. The molecule has 0 radical (unpaired) electrons. The van der Waals surface area contributed by atoms with Crippen LogP contribution in [0.2, 0.25) is 0 Å². The molecule has 1 aliphatic heterocycles. The van der Waals surface area contributed by atoms with E-state index in [0.29, 0.717) is 17.2 Å². The second kappa shape index (κ2) is 5.57. The third kappa shape index (κ3) is 2.08. The molecule has 106 valence electrons. The van der Waals surface area contributed by atoms with Crippen molar-refractivity contribution >= 4 is 0 Å². The highest BCUT2D eigenvalue weighted by Gasteiger charge is 2.37. The average Bonchev–Trinajstić information content (AvgIpc) is 2.81. The molecular weight excluding hydrogens is 246 g/mol. The van der Waals surface area contributed by atoms with Gasteiger partial charge in [-0.3, -0.25) is 0 Å². The molecule has 1 N–H and O–H groups in total. The third-order valence-corrected chi connectivity index (χ3v) is 3.50. The quantitative estimate of drug-likeness (QED) is 0.885. The molecule has 0 aliphatic carbocycles. The van der Waals surface area contributed by atoms with E-state index in [-0.39, 0.29) is 12.1 Å². The molecule has 2 unspecified atom stereocenters. The van der Waals surface area contributed by atoms with Crippen molar-refractivity contribution in [2.24, 2.45) is 0 Å². The molecule has 1 aliphatic rings. The standard InChI is InChI=1S/C14H21NO4/c1-6-8-12(15-2)11-9(19-8)7-10(16-3)13(17-4)14(11)18-5/h7-8,12,15H,6H2,1-5H3. The molecule has 0 aromatic heterocycles. The average molecular weight is 267 g/mol. The summed E-state index contributed by atoms with van der Waals surface area (Å²) in [6.45, 7) is 2.10. The van der Waals surface area contributed by atoms with Gasteiger partial charge in [0.25, 0.3) is 0 Å². The van der Waals surface area contributed by atoms with E-state index in [1.807, 2.05) is 13.1 Å². The van der Waals surface area contributed by atoms with Crippen molar-refractivity contribution in [3.05, 3.63) is 11.6 Å². The lowest BCUT2D eigenvalue weighted by Crippen LogP contribution is -2.27. The first kappa shape index (κ1) is 13.8. The Morgan fingerprint density at radius 1 is 1.16 bits per heavy atom. The monoisotopic (exact) mass is 267 g/mol. The molecular formula is C14H21NO4. The van der Waals surface area contributed by atoms with Crippen LogP contribution in [0.5, 0.6) is 23.0 Å². The molecule has 2 atom stereocenters. The van der Waals surface area contributed by atoms with Crippen LogP contribution in [-0.2, 0) is 0 Å². The van der Waals surface area contributed by atoms with Gasteiger partial charge in [-0.15, -0.1) is 0 Å². The van der Waals surface area contributed by atoms with Crippen LogP contribution in [0, 0.1) is 0 Å². The van der Waals surface area contributed by atoms with Gasteiger partial charge in [0, 0.05) is 6.07 Å². The number of ether oxygens (including phenoxy) is 4. The summed E-state index contributed by atoms with van der Waals surface area (Å²) in [5, 5.41) is 3.28. The first-order valence-electron chi connectivity index (χ1n) is 6.38. The third-order valence-electron chi connectivity index (χ3n) is 3.50. The molecule has 0 saturated heterocycles. The Hall–Kier alpha value is -1.62. The summed E-state index contributed by atoms with van der Waals surface area (Å²) in [6, 6.07) is 1.95. The van der Waals surface area contributed by atoms with Crippen LogP contribution in [0.15, 0.2) is 6.07 Å². The van der Waals surface area contributed by atoms with Gasteiger partial charge in [-0.05, 0) is 13.5 Å². The Morgan fingerprint density at radius 3 is 2.32 bits per heavy atom. The number of hydrogen-bond donors (Lipinski definition) is 1. The summed E-state index contributed by atoms with van der Waals surface area (Å²) < 4.78 is 22.2. The number of benzene rings is 1. The molecule has 0 amide bonds. The van der Waals surface area contributed by atoms with E-state index in [9.17, 15) is 0 Å². The summed E-state index contributed by atoms with van der Waals surface area (Å²) in [6.07, 6.45) is 0.999. The molecule has 0 bridgehead atoms. The summed E-state index contributed by atoms with van der Waals surface area (Å²) in [5.41, 5.74) is 0.995. The van der Waals surface area contributed by atoms with Gasteiger partial charge in [-0.25, -0.2) is 0 Å². The van der Waals surface area contributed by atoms with E-state index in [1.54, 1.807) is 21.3 Å². The summed E-state index contributed by atoms with van der Waals surface area (Å²) >= 11 is 0. The minimum atomic E-state index is 0.0886. The summed E-state index contributed by atoms with van der Waals surface area (Å²) in [7, 11) is 6.76. The van der Waals surface area contributed by atoms with E-state index < -0.39 is 0 Å². The molecule has 5 heteroatoms. The smallest absolute Gasteiger partial charge is 0.203 e. The van der Waals surface area contributed by atoms with Gasteiger partial charge >= 0.3 is 0 Å². The molecule has 19 heavy (non-hydrogen) atoms. The van der Waals surface area contributed by atoms with Crippen molar-refractivity contribution in [3.8, 4) is 23.0 Å². The highest BCUT2D eigenvalue weighted by molar-refractivity contribution is 5.64. The van der Waals surface area contributed by atoms with Crippen molar-refractivity contribution in [1.82, 2.24) is 5.32 Å². The van der Waals surface area contributed by atoms with E-state index >= 15 is 0 Å². The topological polar surface area (TPSA) is 49.0 Å². The zero-order chi connectivity index (χ0) is 14.0. The Labute approximate surface area is 113 Å². The highest BCUT2D eigenvalue weighted by Crippen LogP contribution is 2.52. The fourth-order valence-corrected chi connectivity index (χ4v) is 2.61. The number of fused-ring (bicyclic) bond motifs is 1. The van der Waals surface area contributed by atoms with Crippen molar-refractivity contribution in [1.29, 1.82) is 0 Å². The predicted molar refractivity (Wildman–Crippen MR) is 72.6 cm³/mol. The number of methoxy groups -OCH3 is 3. The Balaban J connectivity index is 2.61. The summed E-state index contributed by atoms with van der Waals surface area (Å²) in [4.78, 5) is 0. The normalized spacial score (nSPS) is 20.7. The minimum absolute atomic E-state index is 0.0886. The molecule has 1 aromatic carbocycles. The molecule has 0 spiro atoms. The lowest BCUT2D eigenvalue weighted by molar-refractivity contribution is 0.189. The first-order valence-corrected chi connectivity index (χ1v) is 6.38. The van der Waals surface area contributed by atoms with E-state index in [1.165, 1.54) is 0 Å². The maximum Gasteiger partial charge on any atom is 0.203 e. The van der Waals surface area contributed by atoms with Crippen LogP contribution in [0.25, 0.3) is 0 Å². The van der Waals surface area contributed by atoms with Gasteiger partial charge in [-0.1, -0.05) is 6.92 Å². The van der Waals surface area contributed by atoms with Gasteiger partial charge in [-0.2, -0.15) is 0 Å². The van der Waals surface area contributed by atoms with Crippen LogP contribution in [0.3, 0.4) is 0 Å². The van der Waals surface area contributed by atoms with Crippen molar-refractivity contribution in [2.45, 2.75) is 25.5 Å². The van der Waals surface area contributed by atoms with Crippen LogP contribution in [0.4, 0.5) is 0 Å². The SMILES string of the molecule is CCC1Oc2cc(OC)c(OC)c(OC)c2C1NC. The molecule has 5 nitrogen and oxygen atoms in total. The van der Waals surface area contributed by atoms with Gasteiger partial charge in [0.2, 0.25) is 5.75 Å². The van der Waals surface area contributed by atoms with Crippen LogP contribution >= 0.6 is 0 Å². The van der Waals surface area contributed by atoms with Crippen LogP contribution < -0.4 is 24.3 Å². The molecule has 0 saturated carbocycles. The van der Waals surface area contributed by atoms with E-state index in [4.69, 9.17) is 18.9 Å². The van der Waals surface area contributed by atoms with Gasteiger partial charge in [0.1, 0.15) is 11.9 Å². The van der Waals surface area contributed by atoms with Gasteiger partial charge in [0.05, 0.1) is 32.9 Å². The van der Waals surface area contributed by atoms with E-state index in [2.05, 4.69) is 12.2 Å². The minimum Gasteiger partial charge on any atom is -0.493 e. The molecule has 2 rings (SSSR count). The van der Waals surface area contributed by atoms with Gasteiger partial charge < -0.3 is 24.3 Å².